The van der Waals surface area contributed by atoms with Gasteiger partial charge in [0.1, 0.15) is 17.6 Å². The second kappa shape index (κ2) is 10.5. The highest BCUT2D eigenvalue weighted by molar-refractivity contribution is 8.00. The molecule has 0 spiro atoms. The summed E-state index contributed by atoms with van der Waals surface area (Å²) in [7, 11) is 0. The maximum Gasteiger partial charge on any atom is 0.246 e. The first-order valence-corrected chi connectivity index (χ1v) is 11.2. The quantitative estimate of drug-likeness (QED) is 0.317. The highest BCUT2D eigenvalue weighted by Gasteiger charge is 2.23. The molecule has 0 radical (unpaired) electrons. The molecule has 1 amide bonds. The van der Waals surface area contributed by atoms with Crippen molar-refractivity contribution in [3.8, 4) is 5.75 Å². The Labute approximate surface area is 198 Å². The second-order valence-corrected chi connectivity index (χ2v) is 8.60. The summed E-state index contributed by atoms with van der Waals surface area (Å²) in [4.78, 5) is 13.8. The van der Waals surface area contributed by atoms with Gasteiger partial charge in [0, 0.05) is 20.5 Å². The number of nitrogens with one attached hydrogen (secondary N) is 2. The SMILES string of the molecule is O=C(Nc1nnn[nH]1)C(Sc1ccc(OCc2c(Cl)cccc2Cl)cc1)c1ccccc1. The van der Waals surface area contributed by atoms with Crippen LogP contribution >= 0.6 is 35.0 Å². The molecule has 0 saturated heterocycles. The smallest absolute Gasteiger partial charge is 0.246 e. The number of benzene rings is 3. The van der Waals surface area contributed by atoms with Crippen LogP contribution in [0.1, 0.15) is 16.4 Å². The van der Waals surface area contributed by atoms with Gasteiger partial charge in [0.05, 0.1) is 0 Å². The van der Waals surface area contributed by atoms with Crippen LogP contribution in [0.2, 0.25) is 10.0 Å². The summed E-state index contributed by atoms with van der Waals surface area (Å²) >= 11 is 13.8. The van der Waals surface area contributed by atoms with Crippen LogP contribution < -0.4 is 10.1 Å². The summed E-state index contributed by atoms with van der Waals surface area (Å²) < 4.78 is 5.83. The molecule has 4 aromatic rings. The van der Waals surface area contributed by atoms with Gasteiger partial charge in [-0.1, -0.05) is 64.7 Å². The van der Waals surface area contributed by atoms with Gasteiger partial charge >= 0.3 is 0 Å². The van der Waals surface area contributed by atoms with E-state index in [1.54, 1.807) is 18.2 Å². The molecule has 10 heteroatoms. The molecule has 2 N–H and O–H groups in total. The average Bonchev–Trinajstić information content (AvgIpc) is 3.31. The van der Waals surface area contributed by atoms with Gasteiger partial charge in [-0.3, -0.25) is 10.1 Å². The van der Waals surface area contributed by atoms with Gasteiger partial charge in [-0.05, 0) is 52.4 Å². The van der Waals surface area contributed by atoms with Crippen LogP contribution in [-0.2, 0) is 11.4 Å². The molecule has 0 bridgehead atoms. The van der Waals surface area contributed by atoms with Gasteiger partial charge in [-0.2, -0.15) is 0 Å². The summed E-state index contributed by atoms with van der Waals surface area (Å²) in [6, 6.07) is 22.3. The summed E-state index contributed by atoms with van der Waals surface area (Å²) in [6.45, 7) is 0.255. The molecular formula is C22H17Cl2N5O2S. The predicted molar refractivity (Wildman–Crippen MR) is 125 cm³/mol. The first kappa shape index (κ1) is 22.1. The van der Waals surface area contributed by atoms with Crippen molar-refractivity contribution < 1.29 is 9.53 Å². The van der Waals surface area contributed by atoms with E-state index in [4.69, 9.17) is 27.9 Å². The molecule has 4 rings (SSSR count). The van der Waals surface area contributed by atoms with Crippen molar-refractivity contribution in [2.75, 3.05) is 5.32 Å². The van der Waals surface area contributed by atoms with E-state index in [1.807, 2.05) is 54.6 Å². The lowest BCUT2D eigenvalue weighted by Gasteiger charge is -2.16. The van der Waals surface area contributed by atoms with Crippen molar-refractivity contribution >= 4 is 46.8 Å². The summed E-state index contributed by atoms with van der Waals surface area (Å²) in [6.07, 6.45) is 0. The lowest BCUT2D eigenvalue weighted by Crippen LogP contribution is -2.19. The molecule has 0 saturated carbocycles. The number of hydrogen-bond acceptors (Lipinski definition) is 6. The average molecular weight is 486 g/mol. The number of amides is 1. The molecular weight excluding hydrogens is 469 g/mol. The molecule has 0 aliphatic carbocycles. The van der Waals surface area contributed by atoms with Crippen molar-refractivity contribution in [3.63, 3.8) is 0 Å². The number of thioether (sulfide) groups is 1. The van der Waals surface area contributed by atoms with E-state index in [9.17, 15) is 4.79 Å². The minimum Gasteiger partial charge on any atom is -0.489 e. The fraction of sp³-hybridized carbons (Fsp3) is 0.0909. The third-order valence-electron chi connectivity index (χ3n) is 4.45. The number of hydrogen-bond donors (Lipinski definition) is 2. The zero-order valence-electron chi connectivity index (χ0n) is 16.5. The zero-order chi connectivity index (χ0) is 22.3. The lowest BCUT2D eigenvalue weighted by atomic mass is 10.1. The van der Waals surface area contributed by atoms with Crippen LogP contribution in [0.25, 0.3) is 0 Å². The molecule has 0 aliphatic heterocycles. The molecule has 7 nitrogen and oxygen atoms in total. The van der Waals surface area contributed by atoms with E-state index in [1.165, 1.54) is 11.8 Å². The number of H-pyrrole nitrogens is 1. The Kier molecular flexibility index (Phi) is 7.26. The van der Waals surface area contributed by atoms with E-state index < -0.39 is 5.25 Å². The number of carbonyl (C=O) groups is 1. The van der Waals surface area contributed by atoms with Crippen LogP contribution in [0.5, 0.6) is 5.75 Å². The number of nitrogens with zero attached hydrogens (tertiary/aromatic N) is 3. The van der Waals surface area contributed by atoms with Crippen LogP contribution in [0.15, 0.2) is 77.7 Å². The van der Waals surface area contributed by atoms with E-state index in [0.717, 1.165) is 16.0 Å². The Bertz CT molecular complexity index is 1150. The number of rotatable bonds is 8. The van der Waals surface area contributed by atoms with Crippen molar-refractivity contribution in [1.82, 2.24) is 20.6 Å². The molecule has 3 aromatic carbocycles. The van der Waals surface area contributed by atoms with Crippen LogP contribution in [0.4, 0.5) is 5.95 Å². The number of aromatic nitrogens is 4. The Morgan fingerprint density at radius 1 is 1.00 bits per heavy atom. The van der Waals surface area contributed by atoms with Gasteiger partial charge in [0.2, 0.25) is 11.9 Å². The zero-order valence-corrected chi connectivity index (χ0v) is 18.9. The van der Waals surface area contributed by atoms with Crippen molar-refractivity contribution in [2.24, 2.45) is 0 Å². The minimum atomic E-state index is -0.505. The number of tetrazole rings is 1. The van der Waals surface area contributed by atoms with Crippen LogP contribution in [0.3, 0.4) is 0 Å². The molecule has 0 fully saturated rings. The second-order valence-electron chi connectivity index (χ2n) is 6.61. The Morgan fingerprint density at radius 2 is 1.72 bits per heavy atom. The van der Waals surface area contributed by atoms with Gasteiger partial charge in [0.25, 0.3) is 0 Å². The predicted octanol–water partition coefficient (Wildman–Crippen LogP) is 5.56. The monoisotopic (exact) mass is 485 g/mol. The fourth-order valence-corrected chi connectivity index (χ4v) is 4.40. The number of carbonyl (C=O) groups excluding carboxylic acids is 1. The molecule has 162 valence electrons. The summed E-state index contributed by atoms with van der Waals surface area (Å²) in [5.41, 5.74) is 1.59. The Hall–Kier alpha value is -3.07. The van der Waals surface area contributed by atoms with Crippen molar-refractivity contribution in [3.05, 3.63) is 94.0 Å². The first-order chi connectivity index (χ1) is 15.6. The third-order valence-corrected chi connectivity index (χ3v) is 6.42. The molecule has 32 heavy (non-hydrogen) atoms. The minimum absolute atomic E-state index is 0.193. The first-order valence-electron chi connectivity index (χ1n) is 9.52. The molecule has 1 heterocycles. The van der Waals surface area contributed by atoms with E-state index in [-0.39, 0.29) is 18.5 Å². The maximum atomic E-state index is 12.9. The van der Waals surface area contributed by atoms with E-state index in [0.29, 0.717) is 15.8 Å². The lowest BCUT2D eigenvalue weighted by molar-refractivity contribution is -0.115. The summed E-state index contributed by atoms with van der Waals surface area (Å²) in [5, 5.41) is 16.5. The van der Waals surface area contributed by atoms with Crippen LogP contribution in [0, 0.1) is 0 Å². The highest BCUT2D eigenvalue weighted by atomic mass is 35.5. The molecule has 0 aliphatic rings. The number of halogens is 2. The third kappa shape index (κ3) is 5.59. The van der Waals surface area contributed by atoms with Crippen molar-refractivity contribution in [2.45, 2.75) is 16.8 Å². The topological polar surface area (TPSA) is 92.8 Å². The van der Waals surface area contributed by atoms with Gasteiger partial charge in [-0.15, -0.1) is 11.8 Å². The number of ether oxygens (including phenoxy) is 1. The summed E-state index contributed by atoms with van der Waals surface area (Å²) in [5.74, 6) is 0.616. The van der Waals surface area contributed by atoms with Gasteiger partial charge < -0.3 is 4.74 Å². The normalized spacial score (nSPS) is 11.7. The van der Waals surface area contributed by atoms with Crippen molar-refractivity contribution in [1.29, 1.82) is 0 Å². The fourth-order valence-electron chi connectivity index (χ4n) is 2.87. The van der Waals surface area contributed by atoms with E-state index in [2.05, 4.69) is 25.9 Å². The van der Waals surface area contributed by atoms with Crippen LogP contribution in [-0.4, -0.2) is 26.5 Å². The maximum absolute atomic E-state index is 12.9. The molecule has 1 unspecified atom stereocenters. The molecule has 1 aromatic heterocycles. The number of aromatic amines is 1. The standard InChI is InChI=1S/C22H17Cl2N5O2S/c23-18-7-4-8-19(24)17(18)13-31-15-9-11-16(12-10-15)32-20(14-5-2-1-3-6-14)21(30)25-22-26-28-29-27-22/h1-12,20H,13H2,(H2,25,26,27,28,29,30). The Morgan fingerprint density at radius 3 is 2.38 bits per heavy atom. The van der Waals surface area contributed by atoms with E-state index >= 15 is 0 Å². The highest BCUT2D eigenvalue weighted by Crippen LogP contribution is 2.37. The largest absolute Gasteiger partial charge is 0.489 e. The Balaban J connectivity index is 1.46. The number of anilines is 1. The molecule has 1 atom stereocenters. The van der Waals surface area contributed by atoms with Gasteiger partial charge in [0.15, 0.2) is 0 Å². The van der Waals surface area contributed by atoms with Gasteiger partial charge in [-0.25, -0.2) is 5.10 Å².